The minimum atomic E-state index is 0.955. The van der Waals surface area contributed by atoms with Crippen molar-refractivity contribution in [2.45, 2.75) is 65.4 Å². The lowest BCUT2D eigenvalue weighted by atomic mass is 9.41. The first-order valence-corrected chi connectivity index (χ1v) is 5.96. The molecule has 0 saturated carbocycles. The fraction of sp³-hybridized carbons (Fsp3) is 0.833. The highest BCUT2D eigenvalue weighted by atomic mass is 13.9. The number of hydrogen-bond acceptors (Lipinski definition) is 0. The number of hydrogen-bond donors (Lipinski definition) is 0. The van der Waals surface area contributed by atoms with E-state index in [4.69, 9.17) is 0 Å². The molecule has 0 fully saturated rings. The molecular formula is C12H25B. The van der Waals surface area contributed by atoms with Gasteiger partial charge in [0.1, 0.15) is 6.71 Å². The maximum Gasteiger partial charge on any atom is 0.143 e. The van der Waals surface area contributed by atoms with Crippen LogP contribution >= 0.6 is 0 Å². The zero-order chi connectivity index (χ0) is 9.94. The molecule has 0 bridgehead atoms. The van der Waals surface area contributed by atoms with Crippen LogP contribution in [0.25, 0.3) is 0 Å². The average Bonchev–Trinajstić information content (AvgIpc) is 2.17. The summed E-state index contributed by atoms with van der Waals surface area (Å²) in [5.41, 5.74) is 0. The molecule has 13 heavy (non-hydrogen) atoms. The number of unbranched alkanes of at least 4 members (excludes halogenated alkanes) is 2. The van der Waals surface area contributed by atoms with Gasteiger partial charge in [-0.25, -0.2) is 0 Å². The van der Waals surface area contributed by atoms with Crippen LogP contribution < -0.4 is 0 Å². The van der Waals surface area contributed by atoms with Crippen LogP contribution in [-0.4, -0.2) is 6.71 Å². The fourth-order valence-corrected chi connectivity index (χ4v) is 1.69. The summed E-state index contributed by atoms with van der Waals surface area (Å²) >= 11 is 0. The van der Waals surface area contributed by atoms with Crippen molar-refractivity contribution in [3.63, 3.8) is 0 Å². The van der Waals surface area contributed by atoms with Gasteiger partial charge in [0.15, 0.2) is 0 Å². The van der Waals surface area contributed by atoms with E-state index in [1.807, 2.05) is 0 Å². The van der Waals surface area contributed by atoms with Crippen LogP contribution in [0.3, 0.4) is 0 Å². The van der Waals surface area contributed by atoms with E-state index in [0.717, 1.165) is 6.71 Å². The molecule has 0 spiro atoms. The first-order chi connectivity index (χ1) is 6.35. The fourth-order valence-electron chi connectivity index (χ4n) is 1.69. The predicted molar refractivity (Wildman–Crippen MR) is 64.8 cm³/mol. The molecule has 0 aromatic carbocycles. The van der Waals surface area contributed by atoms with Gasteiger partial charge in [0.05, 0.1) is 0 Å². The molecule has 0 amide bonds. The Bertz CT molecular complexity index is 110. The van der Waals surface area contributed by atoms with Gasteiger partial charge in [0.25, 0.3) is 0 Å². The van der Waals surface area contributed by atoms with E-state index in [1.165, 1.54) is 44.6 Å². The molecule has 0 aliphatic carbocycles. The Morgan fingerprint density at radius 2 is 1.54 bits per heavy atom. The lowest BCUT2D eigenvalue weighted by Crippen LogP contribution is -2.10. The van der Waals surface area contributed by atoms with Gasteiger partial charge in [-0.05, 0) is 6.92 Å². The van der Waals surface area contributed by atoms with E-state index in [1.54, 1.807) is 0 Å². The molecule has 0 nitrogen and oxygen atoms in total. The van der Waals surface area contributed by atoms with E-state index in [-0.39, 0.29) is 0 Å². The quantitative estimate of drug-likeness (QED) is 0.376. The summed E-state index contributed by atoms with van der Waals surface area (Å²) < 4.78 is 0. The Morgan fingerprint density at radius 1 is 1.00 bits per heavy atom. The first kappa shape index (κ1) is 12.8. The molecule has 0 aliphatic heterocycles. The Labute approximate surface area is 84.9 Å². The Morgan fingerprint density at radius 3 is 1.92 bits per heavy atom. The minimum absolute atomic E-state index is 0.955. The normalized spacial score (nSPS) is 11.0. The van der Waals surface area contributed by atoms with Crippen LogP contribution in [0.2, 0.25) is 19.0 Å². The molecule has 0 radical (unpaired) electrons. The average molecular weight is 180 g/mol. The van der Waals surface area contributed by atoms with E-state index in [9.17, 15) is 0 Å². The third-order valence-electron chi connectivity index (χ3n) is 2.64. The van der Waals surface area contributed by atoms with E-state index < -0.39 is 0 Å². The van der Waals surface area contributed by atoms with Crippen LogP contribution in [-0.2, 0) is 0 Å². The zero-order valence-electron chi connectivity index (χ0n) is 9.68. The molecule has 0 N–H and O–H groups in total. The summed E-state index contributed by atoms with van der Waals surface area (Å²) in [6.45, 7) is 7.64. The van der Waals surface area contributed by atoms with E-state index in [2.05, 4.69) is 32.9 Å². The van der Waals surface area contributed by atoms with Crippen molar-refractivity contribution in [3.8, 4) is 0 Å². The van der Waals surface area contributed by atoms with Crippen molar-refractivity contribution >= 4 is 6.71 Å². The maximum absolute atomic E-state index is 2.33. The molecule has 0 aromatic heterocycles. The second kappa shape index (κ2) is 9.89. The molecule has 76 valence electrons. The van der Waals surface area contributed by atoms with Crippen molar-refractivity contribution in [2.24, 2.45) is 0 Å². The van der Waals surface area contributed by atoms with Gasteiger partial charge in [-0.15, -0.1) is 0 Å². The Kier molecular flexibility index (Phi) is 9.74. The highest BCUT2D eigenvalue weighted by Gasteiger charge is 2.09. The topological polar surface area (TPSA) is 0 Å². The second-order valence-corrected chi connectivity index (χ2v) is 3.96. The first-order valence-electron chi connectivity index (χ1n) is 5.96. The smallest absolute Gasteiger partial charge is 0.0960 e. The van der Waals surface area contributed by atoms with Gasteiger partial charge in [0, 0.05) is 0 Å². The Balaban J connectivity index is 3.59. The van der Waals surface area contributed by atoms with Crippen molar-refractivity contribution < 1.29 is 0 Å². The lowest BCUT2D eigenvalue weighted by molar-refractivity contribution is 0.839. The second-order valence-electron chi connectivity index (χ2n) is 3.96. The van der Waals surface area contributed by atoms with Crippen LogP contribution in [0.15, 0.2) is 12.2 Å². The standard InChI is InChI=1S/C12H25B/c1-4-7-10-13(11-8-5-2)12-9-6-3/h4,7H,5-6,8-12H2,1-3H3. The van der Waals surface area contributed by atoms with Gasteiger partial charge in [0.2, 0.25) is 0 Å². The third-order valence-corrected chi connectivity index (χ3v) is 2.64. The number of allylic oxidation sites excluding steroid dienone is 2. The van der Waals surface area contributed by atoms with E-state index >= 15 is 0 Å². The third kappa shape index (κ3) is 8.14. The highest BCUT2D eigenvalue weighted by molar-refractivity contribution is 6.59. The van der Waals surface area contributed by atoms with Gasteiger partial charge < -0.3 is 0 Å². The van der Waals surface area contributed by atoms with Gasteiger partial charge in [-0.2, -0.15) is 0 Å². The molecule has 0 saturated heterocycles. The van der Waals surface area contributed by atoms with Crippen molar-refractivity contribution in [1.29, 1.82) is 0 Å². The molecule has 0 heterocycles. The van der Waals surface area contributed by atoms with Crippen LogP contribution in [0.4, 0.5) is 0 Å². The summed E-state index contributed by atoms with van der Waals surface area (Å²) in [7, 11) is 0. The van der Waals surface area contributed by atoms with Crippen molar-refractivity contribution in [2.75, 3.05) is 0 Å². The van der Waals surface area contributed by atoms with Gasteiger partial charge in [-0.1, -0.05) is 70.6 Å². The van der Waals surface area contributed by atoms with Gasteiger partial charge in [-0.3, -0.25) is 0 Å². The molecule has 0 aliphatic rings. The Hall–Kier alpha value is -0.195. The summed E-state index contributed by atoms with van der Waals surface area (Å²) in [5, 5.41) is 0. The molecular weight excluding hydrogens is 155 g/mol. The molecule has 0 unspecified atom stereocenters. The minimum Gasteiger partial charge on any atom is -0.0960 e. The molecule has 0 aromatic rings. The summed E-state index contributed by atoms with van der Waals surface area (Å²) in [4.78, 5) is 0. The van der Waals surface area contributed by atoms with Gasteiger partial charge >= 0.3 is 0 Å². The summed E-state index contributed by atoms with van der Waals surface area (Å²) in [6.07, 6.45) is 14.2. The number of rotatable bonds is 8. The maximum atomic E-state index is 2.33. The van der Waals surface area contributed by atoms with E-state index in [0.29, 0.717) is 0 Å². The highest BCUT2D eigenvalue weighted by Crippen LogP contribution is 2.14. The van der Waals surface area contributed by atoms with Crippen molar-refractivity contribution in [3.05, 3.63) is 12.2 Å². The van der Waals surface area contributed by atoms with Crippen molar-refractivity contribution in [1.82, 2.24) is 0 Å². The predicted octanol–water partition coefficient (Wildman–Crippen LogP) is 4.66. The lowest BCUT2D eigenvalue weighted by Gasteiger charge is -2.09. The molecule has 0 atom stereocenters. The molecule has 1 heteroatoms. The van der Waals surface area contributed by atoms with Crippen LogP contribution in [0, 0.1) is 0 Å². The summed E-state index contributed by atoms with van der Waals surface area (Å²) in [6, 6.07) is 0. The monoisotopic (exact) mass is 180 g/mol. The largest absolute Gasteiger partial charge is 0.143 e. The zero-order valence-corrected chi connectivity index (χ0v) is 9.68. The van der Waals surface area contributed by atoms with Crippen LogP contribution in [0.1, 0.15) is 46.5 Å². The molecule has 0 rings (SSSR count). The SMILES string of the molecule is CC=CCB(CCCC)CCCC. The summed E-state index contributed by atoms with van der Waals surface area (Å²) in [5.74, 6) is 0. The van der Waals surface area contributed by atoms with Crippen LogP contribution in [0.5, 0.6) is 0 Å².